The van der Waals surface area contributed by atoms with Gasteiger partial charge in [-0.1, -0.05) is 67.8 Å². The van der Waals surface area contributed by atoms with Crippen LogP contribution in [0.15, 0.2) is 52.1 Å². The van der Waals surface area contributed by atoms with Gasteiger partial charge in [0.1, 0.15) is 16.7 Å². The van der Waals surface area contributed by atoms with E-state index in [2.05, 4.69) is 32.9 Å². The summed E-state index contributed by atoms with van der Waals surface area (Å²) >= 11 is 8.08. The molecular weight excluding hydrogens is 340 g/mol. The maximum Gasteiger partial charge on any atom is 0.144 e. The van der Waals surface area contributed by atoms with Gasteiger partial charge in [0.25, 0.3) is 0 Å². The van der Waals surface area contributed by atoms with E-state index in [9.17, 15) is 0 Å². The third-order valence-electron chi connectivity index (χ3n) is 3.45. The monoisotopic (exact) mass is 368 g/mol. The van der Waals surface area contributed by atoms with Gasteiger partial charge in [-0.25, -0.2) is 0 Å². The molecule has 0 aliphatic carbocycles. The second kappa shape index (κ2) is 13.4. The van der Waals surface area contributed by atoms with Crippen molar-refractivity contribution in [3.05, 3.63) is 57.7 Å². The number of hydrogen-bond donors (Lipinski definition) is 0. The lowest BCUT2D eigenvalue weighted by atomic mass is 10.2. The summed E-state index contributed by atoms with van der Waals surface area (Å²) in [5, 5.41) is 0. The van der Waals surface area contributed by atoms with Crippen molar-refractivity contribution in [2.75, 3.05) is 19.0 Å². The summed E-state index contributed by atoms with van der Waals surface area (Å²) in [7, 11) is 0. The minimum Gasteiger partial charge on any atom is -0.489 e. The average molecular weight is 369 g/mol. The van der Waals surface area contributed by atoms with Crippen LogP contribution in [0.2, 0.25) is 0 Å². The van der Waals surface area contributed by atoms with E-state index in [-0.39, 0.29) is 0 Å². The summed E-state index contributed by atoms with van der Waals surface area (Å²) in [4.78, 5) is 0. The predicted molar refractivity (Wildman–Crippen MR) is 106 cm³/mol. The lowest BCUT2D eigenvalue weighted by Gasteiger charge is -2.11. The van der Waals surface area contributed by atoms with Crippen molar-refractivity contribution in [1.82, 2.24) is 0 Å². The number of hydrogen-bond acceptors (Lipinski definition) is 3. The molecule has 24 heavy (non-hydrogen) atoms. The summed E-state index contributed by atoms with van der Waals surface area (Å²) in [6.07, 6.45) is 5.36. The molecule has 0 atom stereocenters. The molecule has 1 rings (SSSR count). The third-order valence-corrected chi connectivity index (χ3v) is 4.91. The van der Waals surface area contributed by atoms with E-state index >= 15 is 0 Å². The van der Waals surface area contributed by atoms with E-state index in [1.54, 1.807) is 11.8 Å². The predicted octanol–water partition coefficient (Wildman–Crippen LogP) is 6.52. The summed E-state index contributed by atoms with van der Waals surface area (Å²) in [6.45, 7) is 8.05. The molecule has 1 aromatic carbocycles. The zero-order chi connectivity index (χ0) is 17.6. The third kappa shape index (κ3) is 9.41. The number of ether oxygens (including phenoxy) is 2. The Hall–Kier alpha value is -0.900. The van der Waals surface area contributed by atoms with Crippen LogP contribution in [0.1, 0.15) is 45.6 Å². The van der Waals surface area contributed by atoms with E-state index in [0.717, 1.165) is 28.7 Å². The van der Waals surface area contributed by atoms with Crippen molar-refractivity contribution < 1.29 is 9.47 Å². The highest BCUT2D eigenvalue weighted by Crippen LogP contribution is 2.27. The van der Waals surface area contributed by atoms with Crippen molar-refractivity contribution in [1.29, 1.82) is 0 Å². The van der Waals surface area contributed by atoms with Crippen LogP contribution in [0.4, 0.5) is 0 Å². The Kier molecular flexibility index (Phi) is 11.8. The van der Waals surface area contributed by atoms with E-state index in [0.29, 0.717) is 19.8 Å². The molecule has 0 aliphatic rings. The molecule has 0 aromatic heterocycles. The maximum atomic E-state index is 6.42. The van der Waals surface area contributed by atoms with Crippen molar-refractivity contribution in [2.24, 2.45) is 0 Å². The Morgan fingerprint density at radius 3 is 2.58 bits per heavy atom. The summed E-state index contributed by atoms with van der Waals surface area (Å²) < 4.78 is 12.3. The Labute approximate surface area is 156 Å². The first-order valence-electron chi connectivity index (χ1n) is 8.61. The number of benzene rings is 1. The number of allylic oxidation sites excluding steroid dienone is 2. The molecule has 0 saturated heterocycles. The highest BCUT2D eigenvalue weighted by molar-refractivity contribution is 8.04. The van der Waals surface area contributed by atoms with Crippen LogP contribution in [0.3, 0.4) is 0 Å². The van der Waals surface area contributed by atoms with Crippen LogP contribution in [-0.2, 0) is 16.1 Å². The van der Waals surface area contributed by atoms with Gasteiger partial charge in [0.2, 0.25) is 0 Å². The van der Waals surface area contributed by atoms with E-state index in [1.807, 2.05) is 24.3 Å². The fraction of sp³-hybridized carbons (Fsp3) is 0.500. The standard InChI is InChI=1S/C20H29ClO2S/c1-4-6-14-24-20(21)19(15-17(3)5-2)23-13-12-22-16-18-10-8-7-9-11-18/h7-11,15H,4-6,12-14,16H2,1-3H3/b17-15+,20-19+. The Morgan fingerprint density at radius 1 is 1.17 bits per heavy atom. The first kappa shape index (κ1) is 21.1. The van der Waals surface area contributed by atoms with Gasteiger partial charge in [0, 0.05) is 0 Å². The molecule has 0 radical (unpaired) electrons. The molecule has 0 bridgehead atoms. The molecule has 0 fully saturated rings. The fourth-order valence-corrected chi connectivity index (χ4v) is 3.05. The molecule has 134 valence electrons. The largest absolute Gasteiger partial charge is 0.489 e. The van der Waals surface area contributed by atoms with E-state index in [4.69, 9.17) is 21.1 Å². The molecule has 0 unspecified atom stereocenters. The Bertz CT molecular complexity index is 512. The van der Waals surface area contributed by atoms with Gasteiger partial charge in [-0.05, 0) is 37.2 Å². The zero-order valence-corrected chi connectivity index (χ0v) is 16.6. The van der Waals surface area contributed by atoms with Crippen molar-refractivity contribution in [3.63, 3.8) is 0 Å². The second-order valence-electron chi connectivity index (χ2n) is 5.57. The number of rotatable bonds is 12. The van der Waals surface area contributed by atoms with E-state index in [1.165, 1.54) is 17.6 Å². The Morgan fingerprint density at radius 2 is 1.92 bits per heavy atom. The number of unbranched alkanes of at least 4 members (excludes halogenated alkanes) is 1. The van der Waals surface area contributed by atoms with Gasteiger partial charge in [0.15, 0.2) is 0 Å². The first-order chi connectivity index (χ1) is 11.7. The molecule has 4 heteroatoms. The molecule has 0 aliphatic heterocycles. The highest BCUT2D eigenvalue weighted by Gasteiger charge is 2.06. The van der Waals surface area contributed by atoms with Crippen LogP contribution in [0.25, 0.3) is 0 Å². The lowest BCUT2D eigenvalue weighted by molar-refractivity contribution is 0.0691. The SMILES string of the molecule is CCCCS/C(Cl)=C(\C=C(/C)CC)OCCOCc1ccccc1. The fourth-order valence-electron chi connectivity index (χ4n) is 1.83. The van der Waals surface area contributed by atoms with Crippen molar-refractivity contribution in [2.45, 2.75) is 46.6 Å². The van der Waals surface area contributed by atoms with Crippen LogP contribution in [0.5, 0.6) is 0 Å². The van der Waals surface area contributed by atoms with Crippen LogP contribution in [-0.4, -0.2) is 19.0 Å². The van der Waals surface area contributed by atoms with Crippen LogP contribution < -0.4 is 0 Å². The molecule has 1 aromatic rings. The maximum absolute atomic E-state index is 6.42. The molecule has 0 spiro atoms. The molecule has 0 amide bonds. The van der Waals surface area contributed by atoms with Gasteiger partial charge in [-0.15, -0.1) is 11.8 Å². The van der Waals surface area contributed by atoms with Crippen LogP contribution in [0, 0.1) is 0 Å². The molecule has 0 N–H and O–H groups in total. The average Bonchev–Trinajstić information content (AvgIpc) is 2.61. The minimum absolute atomic E-state index is 0.500. The van der Waals surface area contributed by atoms with Gasteiger partial charge in [-0.2, -0.15) is 0 Å². The quantitative estimate of drug-likeness (QED) is 0.238. The van der Waals surface area contributed by atoms with Crippen molar-refractivity contribution in [3.8, 4) is 0 Å². The van der Waals surface area contributed by atoms with Gasteiger partial charge < -0.3 is 9.47 Å². The summed E-state index contributed by atoms with van der Waals surface area (Å²) in [6, 6.07) is 10.1. The molecule has 2 nitrogen and oxygen atoms in total. The summed E-state index contributed by atoms with van der Waals surface area (Å²) in [5.41, 5.74) is 2.42. The number of thioether (sulfide) groups is 1. The Balaban J connectivity index is 2.45. The zero-order valence-electron chi connectivity index (χ0n) is 15.0. The second-order valence-corrected chi connectivity index (χ2v) is 7.28. The number of halogens is 1. The van der Waals surface area contributed by atoms with Crippen molar-refractivity contribution >= 4 is 23.4 Å². The normalized spacial score (nSPS) is 12.9. The minimum atomic E-state index is 0.500. The summed E-state index contributed by atoms with van der Waals surface area (Å²) in [5.74, 6) is 1.78. The van der Waals surface area contributed by atoms with Gasteiger partial charge in [0.05, 0.1) is 13.2 Å². The highest BCUT2D eigenvalue weighted by atomic mass is 35.5. The van der Waals surface area contributed by atoms with Crippen LogP contribution >= 0.6 is 23.4 Å². The first-order valence-corrected chi connectivity index (χ1v) is 9.97. The molecule has 0 heterocycles. The smallest absolute Gasteiger partial charge is 0.144 e. The van der Waals surface area contributed by atoms with E-state index < -0.39 is 0 Å². The molecular formula is C20H29ClO2S. The topological polar surface area (TPSA) is 18.5 Å². The van der Waals surface area contributed by atoms with Gasteiger partial charge in [-0.3, -0.25) is 0 Å². The lowest BCUT2D eigenvalue weighted by Crippen LogP contribution is -2.04. The molecule has 0 saturated carbocycles. The van der Waals surface area contributed by atoms with Gasteiger partial charge >= 0.3 is 0 Å².